The highest BCUT2D eigenvalue weighted by molar-refractivity contribution is 5.86. The van der Waals surface area contributed by atoms with Crippen LogP contribution in [0.15, 0.2) is 18.7 Å². The van der Waals surface area contributed by atoms with Crippen molar-refractivity contribution in [1.29, 1.82) is 0 Å². The number of carbonyl (C=O) groups excluding carboxylic acids is 1. The Morgan fingerprint density at radius 1 is 1.19 bits per heavy atom. The molecule has 0 aromatic carbocycles. The highest BCUT2D eigenvalue weighted by Crippen LogP contribution is 2.31. The Morgan fingerprint density at radius 3 is 2.33 bits per heavy atom. The van der Waals surface area contributed by atoms with Crippen LogP contribution in [0.4, 0.5) is 0 Å². The maximum atomic E-state index is 12.5. The van der Waals surface area contributed by atoms with Crippen LogP contribution in [-0.4, -0.2) is 39.0 Å². The van der Waals surface area contributed by atoms with Gasteiger partial charge in [0.25, 0.3) is 0 Å². The smallest absolute Gasteiger partial charge is 0.242 e. The largest absolute Gasteiger partial charge is 0.341 e. The molecule has 7 heteroatoms. The molecule has 3 rings (SSSR count). The first kappa shape index (κ1) is 18.3. The van der Waals surface area contributed by atoms with Gasteiger partial charge in [-0.2, -0.15) is 0 Å². The number of piperidine rings is 1. The van der Waals surface area contributed by atoms with Crippen LogP contribution in [0.3, 0.4) is 0 Å². The Kier molecular flexibility index (Phi) is 6.50. The van der Waals surface area contributed by atoms with E-state index < -0.39 is 5.54 Å². The molecule has 21 heavy (non-hydrogen) atoms. The summed E-state index contributed by atoms with van der Waals surface area (Å²) in [4.78, 5) is 18.6. The van der Waals surface area contributed by atoms with Gasteiger partial charge in [0.15, 0.2) is 0 Å². The highest BCUT2D eigenvalue weighted by Gasteiger charge is 2.40. The van der Waals surface area contributed by atoms with Crippen molar-refractivity contribution in [2.75, 3.05) is 13.1 Å². The van der Waals surface area contributed by atoms with Gasteiger partial charge in [0, 0.05) is 31.5 Å². The quantitative estimate of drug-likeness (QED) is 0.901. The predicted octanol–water partition coefficient (Wildman–Crippen LogP) is 2.16. The lowest BCUT2D eigenvalue weighted by Crippen LogP contribution is -2.55. The molecule has 2 aliphatic rings. The van der Waals surface area contributed by atoms with Crippen LogP contribution in [-0.2, 0) is 4.79 Å². The second kappa shape index (κ2) is 7.47. The lowest BCUT2D eigenvalue weighted by molar-refractivity contribution is -0.138. The summed E-state index contributed by atoms with van der Waals surface area (Å²) in [5.41, 5.74) is 5.69. The molecule has 1 aliphatic heterocycles. The summed E-state index contributed by atoms with van der Waals surface area (Å²) < 4.78 is 2.15. The van der Waals surface area contributed by atoms with Gasteiger partial charge in [-0.3, -0.25) is 4.79 Å². The minimum absolute atomic E-state index is 0. The molecule has 120 valence electrons. The van der Waals surface area contributed by atoms with Crippen molar-refractivity contribution >= 4 is 30.7 Å². The minimum atomic E-state index is -0.568. The van der Waals surface area contributed by atoms with Gasteiger partial charge in [0.05, 0.1) is 11.9 Å². The van der Waals surface area contributed by atoms with E-state index >= 15 is 0 Å². The SMILES string of the molecule is Cl.Cl.NC1(C(=O)N2CCC(n3ccnc3)CC2)CCCC1. The van der Waals surface area contributed by atoms with Gasteiger partial charge in [0.2, 0.25) is 5.91 Å². The second-order valence-corrected chi connectivity index (χ2v) is 5.90. The Labute approximate surface area is 138 Å². The number of amides is 1. The second-order valence-electron chi connectivity index (χ2n) is 5.90. The van der Waals surface area contributed by atoms with E-state index in [4.69, 9.17) is 5.73 Å². The summed E-state index contributed by atoms with van der Waals surface area (Å²) in [7, 11) is 0. The topological polar surface area (TPSA) is 64.2 Å². The molecule has 1 aromatic heterocycles. The Balaban J connectivity index is 0.00000110. The number of aromatic nitrogens is 2. The van der Waals surface area contributed by atoms with Gasteiger partial charge >= 0.3 is 0 Å². The van der Waals surface area contributed by atoms with Crippen LogP contribution < -0.4 is 5.73 Å². The first-order valence-electron chi connectivity index (χ1n) is 7.25. The monoisotopic (exact) mass is 334 g/mol. The molecule has 2 N–H and O–H groups in total. The van der Waals surface area contributed by atoms with Crippen molar-refractivity contribution in [3.8, 4) is 0 Å². The van der Waals surface area contributed by atoms with Gasteiger partial charge in [-0.1, -0.05) is 12.8 Å². The van der Waals surface area contributed by atoms with Crippen molar-refractivity contribution in [2.45, 2.75) is 50.1 Å². The number of rotatable bonds is 2. The van der Waals surface area contributed by atoms with E-state index in [0.717, 1.165) is 51.6 Å². The number of hydrogen-bond donors (Lipinski definition) is 1. The van der Waals surface area contributed by atoms with Crippen LogP contribution >= 0.6 is 24.8 Å². The molecule has 0 unspecified atom stereocenters. The zero-order valence-corrected chi connectivity index (χ0v) is 13.7. The van der Waals surface area contributed by atoms with Gasteiger partial charge in [0.1, 0.15) is 0 Å². The maximum absolute atomic E-state index is 12.5. The number of likely N-dealkylation sites (tertiary alicyclic amines) is 1. The normalized spacial score (nSPS) is 21.5. The number of nitrogens with zero attached hydrogens (tertiary/aromatic N) is 3. The summed E-state index contributed by atoms with van der Waals surface area (Å²) in [5.74, 6) is 0.175. The number of hydrogen-bond acceptors (Lipinski definition) is 3. The lowest BCUT2D eigenvalue weighted by Gasteiger charge is -2.37. The molecule has 1 saturated carbocycles. The van der Waals surface area contributed by atoms with Crippen molar-refractivity contribution in [3.05, 3.63) is 18.7 Å². The summed E-state index contributed by atoms with van der Waals surface area (Å²) >= 11 is 0. The molecular formula is C14H24Cl2N4O. The maximum Gasteiger partial charge on any atom is 0.242 e. The van der Waals surface area contributed by atoms with Gasteiger partial charge < -0.3 is 15.2 Å². The van der Waals surface area contributed by atoms with Crippen molar-refractivity contribution in [2.24, 2.45) is 5.73 Å². The van der Waals surface area contributed by atoms with E-state index in [9.17, 15) is 4.79 Å². The molecule has 1 saturated heterocycles. The Morgan fingerprint density at radius 2 is 1.81 bits per heavy atom. The molecular weight excluding hydrogens is 311 g/mol. The Bertz CT molecular complexity index is 438. The zero-order chi connectivity index (χ0) is 13.3. The Hall–Kier alpha value is -0.780. The summed E-state index contributed by atoms with van der Waals surface area (Å²) in [5, 5.41) is 0. The predicted molar refractivity (Wildman–Crippen MR) is 87.0 cm³/mol. The molecule has 2 fully saturated rings. The van der Waals surface area contributed by atoms with E-state index in [1.807, 2.05) is 23.6 Å². The third-order valence-corrected chi connectivity index (χ3v) is 4.62. The molecule has 1 aliphatic carbocycles. The molecule has 2 heterocycles. The molecule has 1 amide bonds. The first-order chi connectivity index (χ1) is 9.19. The fraction of sp³-hybridized carbons (Fsp3) is 0.714. The summed E-state index contributed by atoms with van der Waals surface area (Å²) in [6.07, 6.45) is 11.6. The molecule has 0 radical (unpaired) electrons. The van der Waals surface area contributed by atoms with E-state index in [1.54, 1.807) is 0 Å². The third kappa shape index (κ3) is 3.71. The van der Waals surface area contributed by atoms with Crippen LogP contribution in [0.5, 0.6) is 0 Å². The van der Waals surface area contributed by atoms with Crippen molar-refractivity contribution in [1.82, 2.24) is 14.5 Å². The standard InChI is InChI=1S/C14H22N4O.2ClH/c15-14(5-1-2-6-14)13(19)17-8-3-12(4-9-17)18-10-7-16-11-18;;/h7,10-12H,1-6,8-9,15H2;2*1H. The van der Waals surface area contributed by atoms with Crippen molar-refractivity contribution < 1.29 is 4.79 Å². The number of halogens is 2. The number of carbonyl (C=O) groups is 1. The van der Waals surface area contributed by atoms with Crippen LogP contribution in [0.2, 0.25) is 0 Å². The minimum Gasteiger partial charge on any atom is -0.341 e. The molecule has 0 bridgehead atoms. The third-order valence-electron chi connectivity index (χ3n) is 4.62. The molecule has 0 atom stereocenters. The van der Waals surface area contributed by atoms with Crippen molar-refractivity contribution in [3.63, 3.8) is 0 Å². The fourth-order valence-electron chi connectivity index (χ4n) is 3.39. The van der Waals surface area contributed by atoms with E-state index in [1.165, 1.54) is 0 Å². The number of imidazole rings is 1. The molecule has 5 nitrogen and oxygen atoms in total. The van der Waals surface area contributed by atoms with Crippen LogP contribution in [0.1, 0.15) is 44.6 Å². The molecule has 0 spiro atoms. The van der Waals surface area contributed by atoms with E-state index in [-0.39, 0.29) is 30.7 Å². The zero-order valence-electron chi connectivity index (χ0n) is 12.1. The van der Waals surface area contributed by atoms with E-state index in [2.05, 4.69) is 9.55 Å². The average molecular weight is 335 g/mol. The first-order valence-corrected chi connectivity index (χ1v) is 7.25. The average Bonchev–Trinajstić information content (AvgIpc) is 3.10. The molecule has 1 aromatic rings. The highest BCUT2D eigenvalue weighted by atomic mass is 35.5. The van der Waals surface area contributed by atoms with Crippen LogP contribution in [0, 0.1) is 0 Å². The number of nitrogens with two attached hydrogens (primary N) is 1. The van der Waals surface area contributed by atoms with Crippen LogP contribution in [0.25, 0.3) is 0 Å². The van der Waals surface area contributed by atoms with Gasteiger partial charge in [-0.25, -0.2) is 4.98 Å². The van der Waals surface area contributed by atoms with Gasteiger partial charge in [-0.05, 0) is 25.7 Å². The summed E-state index contributed by atoms with van der Waals surface area (Å²) in [6, 6.07) is 0.476. The van der Waals surface area contributed by atoms with Gasteiger partial charge in [-0.15, -0.1) is 24.8 Å². The van der Waals surface area contributed by atoms with E-state index in [0.29, 0.717) is 6.04 Å². The summed E-state index contributed by atoms with van der Waals surface area (Å²) in [6.45, 7) is 1.64. The lowest BCUT2D eigenvalue weighted by atomic mass is 9.95. The fourth-order valence-corrected chi connectivity index (χ4v) is 3.39.